The molecule has 1 aliphatic carbocycles. The Labute approximate surface area is 90.6 Å². The molecule has 2 unspecified atom stereocenters. The second kappa shape index (κ2) is 2.99. The Balaban J connectivity index is 2.11. The minimum atomic E-state index is 0.337. The maximum absolute atomic E-state index is 5.31. The minimum Gasteiger partial charge on any atom is -0.497 e. The highest BCUT2D eigenvalue weighted by Gasteiger charge is 2.46. The Morgan fingerprint density at radius 3 is 3.13 bits per heavy atom. The molecule has 0 radical (unpaired) electrons. The fraction of sp³-hybridized carbons (Fsp3) is 0.538. The van der Waals surface area contributed by atoms with Gasteiger partial charge in [0.15, 0.2) is 0 Å². The number of fused-ring (bicyclic) bond motifs is 3. The third-order valence-corrected chi connectivity index (χ3v) is 4.16. The zero-order valence-corrected chi connectivity index (χ0v) is 9.34. The van der Waals surface area contributed by atoms with E-state index in [1.165, 1.54) is 24.0 Å². The van der Waals surface area contributed by atoms with E-state index in [1.54, 1.807) is 7.11 Å². The molecule has 1 aromatic rings. The van der Waals surface area contributed by atoms with E-state index >= 15 is 0 Å². The second-order valence-corrected chi connectivity index (χ2v) is 4.90. The summed E-state index contributed by atoms with van der Waals surface area (Å²) in [7, 11) is 1.74. The SMILES string of the molecule is COc1ccc2c(c1)C1(C)CCNC1C2. The van der Waals surface area contributed by atoms with E-state index in [1.807, 2.05) is 0 Å². The van der Waals surface area contributed by atoms with Crippen LogP contribution >= 0.6 is 0 Å². The molecular formula is C13H17NO. The number of hydrogen-bond acceptors (Lipinski definition) is 2. The highest BCUT2D eigenvalue weighted by molar-refractivity contribution is 5.47. The molecule has 1 saturated heterocycles. The van der Waals surface area contributed by atoms with Crippen LogP contribution in [-0.2, 0) is 11.8 Å². The van der Waals surface area contributed by atoms with Gasteiger partial charge in [-0.2, -0.15) is 0 Å². The van der Waals surface area contributed by atoms with Crippen molar-refractivity contribution < 1.29 is 4.74 Å². The van der Waals surface area contributed by atoms with Crippen molar-refractivity contribution in [2.45, 2.75) is 31.2 Å². The van der Waals surface area contributed by atoms with Gasteiger partial charge in [0.05, 0.1) is 7.11 Å². The topological polar surface area (TPSA) is 21.3 Å². The number of hydrogen-bond donors (Lipinski definition) is 1. The number of nitrogens with one attached hydrogen (secondary N) is 1. The Bertz CT molecular complexity index is 402. The highest BCUT2D eigenvalue weighted by atomic mass is 16.5. The quantitative estimate of drug-likeness (QED) is 0.752. The van der Waals surface area contributed by atoms with Crippen molar-refractivity contribution in [3.63, 3.8) is 0 Å². The third-order valence-electron chi connectivity index (χ3n) is 4.16. The Morgan fingerprint density at radius 2 is 2.33 bits per heavy atom. The van der Waals surface area contributed by atoms with Gasteiger partial charge in [0, 0.05) is 11.5 Å². The van der Waals surface area contributed by atoms with Crippen LogP contribution < -0.4 is 10.1 Å². The zero-order valence-electron chi connectivity index (χ0n) is 9.34. The molecule has 80 valence electrons. The van der Waals surface area contributed by atoms with Gasteiger partial charge in [-0.3, -0.25) is 0 Å². The summed E-state index contributed by atoms with van der Waals surface area (Å²) in [4.78, 5) is 0. The molecule has 1 aromatic carbocycles. The molecule has 0 aromatic heterocycles. The molecule has 2 atom stereocenters. The molecule has 2 nitrogen and oxygen atoms in total. The fourth-order valence-corrected chi connectivity index (χ4v) is 3.14. The Hall–Kier alpha value is -1.02. The fourth-order valence-electron chi connectivity index (χ4n) is 3.14. The van der Waals surface area contributed by atoms with Crippen LogP contribution in [0.5, 0.6) is 5.75 Å². The predicted octanol–water partition coefficient (Wildman–Crippen LogP) is 1.87. The molecular weight excluding hydrogens is 186 g/mol. The normalized spacial score (nSPS) is 32.5. The van der Waals surface area contributed by atoms with Gasteiger partial charge >= 0.3 is 0 Å². The van der Waals surface area contributed by atoms with E-state index in [0.29, 0.717) is 11.5 Å². The van der Waals surface area contributed by atoms with Gasteiger partial charge in [-0.15, -0.1) is 0 Å². The van der Waals surface area contributed by atoms with Crippen LogP contribution in [0.1, 0.15) is 24.5 Å². The van der Waals surface area contributed by atoms with E-state index in [9.17, 15) is 0 Å². The summed E-state index contributed by atoms with van der Waals surface area (Å²) in [6, 6.07) is 7.16. The molecule has 1 heterocycles. The maximum Gasteiger partial charge on any atom is 0.119 e. The lowest BCUT2D eigenvalue weighted by Crippen LogP contribution is -2.33. The van der Waals surface area contributed by atoms with Gasteiger partial charge in [0.1, 0.15) is 5.75 Å². The van der Waals surface area contributed by atoms with Crippen molar-refractivity contribution in [2.24, 2.45) is 0 Å². The largest absolute Gasteiger partial charge is 0.497 e. The first-order valence-corrected chi connectivity index (χ1v) is 5.65. The highest BCUT2D eigenvalue weighted by Crippen LogP contribution is 2.45. The van der Waals surface area contributed by atoms with Crippen LogP contribution in [0.25, 0.3) is 0 Å². The van der Waals surface area contributed by atoms with Crippen LogP contribution in [0.4, 0.5) is 0 Å². The standard InChI is InChI=1S/C13H17NO/c1-13-5-6-14-12(13)7-9-3-4-10(15-2)8-11(9)13/h3-4,8,12,14H,5-7H2,1-2H3. The zero-order chi connectivity index (χ0) is 10.5. The van der Waals surface area contributed by atoms with Gasteiger partial charge in [-0.05, 0) is 42.6 Å². The molecule has 0 spiro atoms. The molecule has 2 aliphatic rings. The summed E-state index contributed by atoms with van der Waals surface area (Å²) in [6.45, 7) is 3.53. The molecule has 3 rings (SSSR count). The van der Waals surface area contributed by atoms with E-state index in [-0.39, 0.29) is 0 Å². The average Bonchev–Trinajstić information content (AvgIpc) is 2.72. The lowest BCUT2D eigenvalue weighted by atomic mass is 9.81. The van der Waals surface area contributed by atoms with Gasteiger partial charge in [0.25, 0.3) is 0 Å². The van der Waals surface area contributed by atoms with E-state index in [2.05, 4.69) is 30.4 Å². The van der Waals surface area contributed by atoms with Crippen molar-refractivity contribution in [3.05, 3.63) is 29.3 Å². The molecule has 15 heavy (non-hydrogen) atoms. The smallest absolute Gasteiger partial charge is 0.119 e. The number of benzene rings is 1. The summed E-state index contributed by atoms with van der Waals surface area (Å²) >= 11 is 0. The van der Waals surface area contributed by atoms with E-state index in [0.717, 1.165) is 12.3 Å². The molecule has 1 fully saturated rings. The lowest BCUT2D eigenvalue weighted by Gasteiger charge is -2.24. The first kappa shape index (κ1) is 9.22. The third kappa shape index (κ3) is 1.14. The van der Waals surface area contributed by atoms with E-state index in [4.69, 9.17) is 4.74 Å². The molecule has 1 N–H and O–H groups in total. The monoisotopic (exact) mass is 203 g/mol. The van der Waals surface area contributed by atoms with Crippen LogP contribution in [0.3, 0.4) is 0 Å². The number of ether oxygens (including phenoxy) is 1. The lowest BCUT2D eigenvalue weighted by molar-refractivity contribution is 0.408. The number of methoxy groups -OCH3 is 1. The molecule has 0 bridgehead atoms. The van der Waals surface area contributed by atoms with Crippen molar-refractivity contribution in [2.75, 3.05) is 13.7 Å². The van der Waals surface area contributed by atoms with Gasteiger partial charge < -0.3 is 10.1 Å². The molecule has 2 heteroatoms. The summed E-state index contributed by atoms with van der Waals surface area (Å²) in [5, 5.41) is 3.60. The van der Waals surface area contributed by atoms with Gasteiger partial charge in [-0.1, -0.05) is 13.0 Å². The average molecular weight is 203 g/mol. The second-order valence-electron chi connectivity index (χ2n) is 4.90. The van der Waals surface area contributed by atoms with Crippen LogP contribution in [0.15, 0.2) is 18.2 Å². The minimum absolute atomic E-state index is 0.337. The van der Waals surface area contributed by atoms with Crippen molar-refractivity contribution in [3.8, 4) is 5.75 Å². The van der Waals surface area contributed by atoms with Crippen LogP contribution in [0, 0.1) is 0 Å². The first-order valence-electron chi connectivity index (χ1n) is 5.65. The summed E-state index contributed by atoms with van der Waals surface area (Å²) in [5.41, 5.74) is 3.33. The maximum atomic E-state index is 5.31. The van der Waals surface area contributed by atoms with Crippen molar-refractivity contribution in [1.29, 1.82) is 0 Å². The first-order chi connectivity index (χ1) is 7.24. The molecule has 0 amide bonds. The molecule has 0 saturated carbocycles. The van der Waals surface area contributed by atoms with Crippen LogP contribution in [0.2, 0.25) is 0 Å². The van der Waals surface area contributed by atoms with E-state index < -0.39 is 0 Å². The summed E-state index contributed by atoms with van der Waals surface area (Å²) in [5.74, 6) is 0.988. The van der Waals surface area contributed by atoms with Crippen molar-refractivity contribution >= 4 is 0 Å². The van der Waals surface area contributed by atoms with Crippen molar-refractivity contribution in [1.82, 2.24) is 5.32 Å². The Kier molecular flexibility index (Phi) is 1.84. The predicted molar refractivity (Wildman–Crippen MR) is 60.5 cm³/mol. The Morgan fingerprint density at radius 1 is 1.47 bits per heavy atom. The van der Waals surface area contributed by atoms with Crippen LogP contribution in [-0.4, -0.2) is 19.7 Å². The van der Waals surface area contributed by atoms with Gasteiger partial charge in [-0.25, -0.2) is 0 Å². The number of rotatable bonds is 1. The van der Waals surface area contributed by atoms with Gasteiger partial charge in [0.2, 0.25) is 0 Å². The summed E-state index contributed by atoms with van der Waals surface area (Å²) < 4.78 is 5.31. The summed E-state index contributed by atoms with van der Waals surface area (Å²) in [6.07, 6.45) is 2.42. The molecule has 1 aliphatic heterocycles.